The molecule has 0 aliphatic rings. The van der Waals surface area contributed by atoms with Gasteiger partial charge in [-0.25, -0.2) is 0 Å². The molecule has 0 heterocycles. The van der Waals surface area contributed by atoms with Crippen molar-refractivity contribution in [2.24, 2.45) is 0 Å². The number of rotatable bonds is 18. The van der Waals surface area contributed by atoms with Crippen LogP contribution in [0.2, 0.25) is 0 Å². The van der Waals surface area contributed by atoms with Gasteiger partial charge in [-0.3, -0.25) is 0 Å². The van der Waals surface area contributed by atoms with Crippen LogP contribution in [0, 0.1) is 0 Å². The van der Waals surface area contributed by atoms with Gasteiger partial charge >= 0.3 is 0 Å². The highest BCUT2D eigenvalue weighted by Gasteiger charge is 2.14. The zero-order valence-electron chi connectivity index (χ0n) is 18.5. The maximum atomic E-state index is 9.13. The molecular weight excluding hydrogens is 424 g/mol. The van der Waals surface area contributed by atoms with Crippen molar-refractivity contribution in [3.63, 3.8) is 0 Å². The summed E-state index contributed by atoms with van der Waals surface area (Å²) in [5.41, 5.74) is 2.69. The first kappa shape index (κ1) is 26.3. The van der Waals surface area contributed by atoms with Crippen LogP contribution in [0.15, 0.2) is 60.7 Å². The summed E-state index contributed by atoms with van der Waals surface area (Å²) in [4.78, 5) is 0. The van der Waals surface area contributed by atoms with Crippen LogP contribution in [-0.4, -0.2) is 47.1 Å². The number of hydrogen-bond acceptors (Lipinski definition) is 5. The van der Waals surface area contributed by atoms with Crippen LogP contribution in [0.4, 0.5) is 0 Å². The lowest BCUT2D eigenvalue weighted by molar-refractivity contribution is 0.131. The van der Waals surface area contributed by atoms with Crippen LogP contribution >= 0.6 is 23.5 Å². The van der Waals surface area contributed by atoms with Gasteiger partial charge in [-0.05, 0) is 49.7 Å². The molecule has 0 amide bonds. The third-order valence-electron chi connectivity index (χ3n) is 5.13. The summed E-state index contributed by atoms with van der Waals surface area (Å²) in [6, 6.07) is 21.2. The minimum atomic E-state index is 0.264. The number of hydrogen-bond donors (Lipinski definition) is 2. The van der Waals surface area contributed by atoms with Gasteiger partial charge in [-0.15, -0.1) is 0 Å². The molecule has 31 heavy (non-hydrogen) atoms. The van der Waals surface area contributed by atoms with Crippen molar-refractivity contribution < 1.29 is 14.9 Å². The minimum absolute atomic E-state index is 0.264. The summed E-state index contributed by atoms with van der Waals surface area (Å²) >= 11 is 3.92. The topological polar surface area (TPSA) is 49.7 Å². The number of aliphatic hydroxyl groups is 2. The first-order chi connectivity index (χ1) is 15.3. The molecule has 0 saturated heterocycles. The van der Waals surface area contributed by atoms with Gasteiger partial charge in [0.2, 0.25) is 0 Å². The second-order valence-electron chi connectivity index (χ2n) is 7.81. The molecule has 2 unspecified atom stereocenters. The van der Waals surface area contributed by atoms with Crippen molar-refractivity contribution in [2.75, 3.05) is 26.4 Å². The molecule has 0 spiro atoms. The van der Waals surface area contributed by atoms with Crippen LogP contribution in [0.5, 0.6) is 0 Å². The number of unbranched alkanes of at least 4 members (excludes halogenated alkanes) is 2. The second kappa shape index (κ2) is 17.6. The number of thioether (sulfide) groups is 2. The largest absolute Gasteiger partial charge is 0.396 e. The molecule has 2 atom stereocenters. The molecule has 2 aromatic carbocycles. The van der Waals surface area contributed by atoms with Crippen LogP contribution in [0.25, 0.3) is 0 Å². The third-order valence-corrected chi connectivity index (χ3v) is 7.82. The smallest absolute Gasteiger partial charge is 0.0585 e. The molecule has 2 aromatic rings. The van der Waals surface area contributed by atoms with Crippen molar-refractivity contribution in [2.45, 2.75) is 60.5 Å². The average Bonchev–Trinajstić information content (AvgIpc) is 2.82. The van der Waals surface area contributed by atoms with Gasteiger partial charge in [0.15, 0.2) is 0 Å². The third kappa shape index (κ3) is 12.6. The standard InChI is InChI=1S/C26H38O3S2/c27-17-9-7-15-25(30-21-23-11-3-1-4-12-23)19-29-20-26(16-8-10-18-28)31-22-24-13-5-2-6-14-24/h1-6,11-14,25-28H,7-10,15-22H2. The summed E-state index contributed by atoms with van der Waals surface area (Å²) in [5.74, 6) is 1.99. The first-order valence-corrected chi connectivity index (χ1v) is 13.5. The van der Waals surface area contributed by atoms with Gasteiger partial charge in [0.1, 0.15) is 0 Å². The van der Waals surface area contributed by atoms with Crippen LogP contribution in [0.1, 0.15) is 49.7 Å². The molecule has 5 heteroatoms. The van der Waals surface area contributed by atoms with Gasteiger partial charge in [-0.1, -0.05) is 60.7 Å². The van der Waals surface area contributed by atoms with Gasteiger partial charge in [0.25, 0.3) is 0 Å². The average molecular weight is 463 g/mol. The van der Waals surface area contributed by atoms with Crippen molar-refractivity contribution in [3.05, 3.63) is 71.8 Å². The molecule has 2 rings (SSSR count). The van der Waals surface area contributed by atoms with E-state index in [1.807, 2.05) is 23.5 Å². The lowest BCUT2D eigenvalue weighted by Crippen LogP contribution is -2.19. The van der Waals surface area contributed by atoms with E-state index in [9.17, 15) is 0 Å². The van der Waals surface area contributed by atoms with Crippen molar-refractivity contribution in [1.82, 2.24) is 0 Å². The normalized spacial score (nSPS) is 13.2. The molecule has 0 radical (unpaired) electrons. The van der Waals surface area contributed by atoms with E-state index in [4.69, 9.17) is 14.9 Å². The molecule has 0 saturated carbocycles. The first-order valence-electron chi connectivity index (χ1n) is 11.4. The SMILES string of the molecule is OCCCCC(COCC(CCCCO)SCc1ccccc1)SCc1ccccc1. The van der Waals surface area contributed by atoms with E-state index in [0.29, 0.717) is 10.5 Å². The minimum Gasteiger partial charge on any atom is -0.396 e. The Morgan fingerprint density at radius 1 is 0.613 bits per heavy atom. The monoisotopic (exact) mass is 462 g/mol. The van der Waals surface area contributed by atoms with Crippen molar-refractivity contribution in [3.8, 4) is 0 Å². The van der Waals surface area contributed by atoms with Gasteiger partial charge in [0.05, 0.1) is 13.2 Å². The molecule has 0 fully saturated rings. The molecule has 0 aromatic heterocycles. The predicted molar refractivity (Wildman–Crippen MR) is 136 cm³/mol. The summed E-state index contributed by atoms with van der Waals surface area (Å²) in [7, 11) is 0. The number of ether oxygens (including phenoxy) is 1. The Hall–Kier alpha value is -0.980. The Bertz CT molecular complexity index is 597. The van der Waals surface area contributed by atoms with E-state index in [0.717, 1.165) is 63.2 Å². The van der Waals surface area contributed by atoms with Crippen LogP contribution in [0.3, 0.4) is 0 Å². The molecular formula is C26H38O3S2. The molecule has 0 aliphatic carbocycles. The Morgan fingerprint density at radius 2 is 1.03 bits per heavy atom. The van der Waals surface area contributed by atoms with E-state index in [2.05, 4.69) is 60.7 Å². The Balaban J connectivity index is 1.79. The van der Waals surface area contributed by atoms with Gasteiger partial charge < -0.3 is 14.9 Å². The van der Waals surface area contributed by atoms with Crippen molar-refractivity contribution >= 4 is 23.5 Å². The van der Waals surface area contributed by atoms with Crippen LogP contribution in [-0.2, 0) is 16.2 Å². The lowest BCUT2D eigenvalue weighted by Gasteiger charge is -2.21. The second-order valence-corrected chi connectivity index (χ2v) is 10.4. The lowest BCUT2D eigenvalue weighted by atomic mass is 10.2. The molecule has 0 bridgehead atoms. The Morgan fingerprint density at radius 3 is 1.42 bits per heavy atom. The zero-order valence-corrected chi connectivity index (χ0v) is 20.2. The van der Waals surface area contributed by atoms with E-state index >= 15 is 0 Å². The fraction of sp³-hybridized carbons (Fsp3) is 0.538. The highest BCUT2D eigenvalue weighted by atomic mass is 32.2. The number of aliphatic hydroxyl groups excluding tert-OH is 2. The zero-order chi connectivity index (χ0) is 22.0. The maximum Gasteiger partial charge on any atom is 0.0585 e. The highest BCUT2D eigenvalue weighted by molar-refractivity contribution is 7.99. The quantitative estimate of drug-likeness (QED) is 0.269. The van der Waals surface area contributed by atoms with E-state index in [-0.39, 0.29) is 13.2 Å². The van der Waals surface area contributed by atoms with E-state index in [1.165, 1.54) is 11.1 Å². The molecule has 0 aliphatic heterocycles. The van der Waals surface area contributed by atoms with E-state index in [1.54, 1.807) is 0 Å². The summed E-state index contributed by atoms with van der Waals surface area (Å²) in [6.45, 7) is 2.04. The van der Waals surface area contributed by atoms with Gasteiger partial charge in [0, 0.05) is 35.2 Å². The predicted octanol–water partition coefficient (Wildman–Crippen LogP) is 5.93. The Kier molecular flexibility index (Phi) is 14.9. The Labute approximate surface area is 197 Å². The highest BCUT2D eigenvalue weighted by Crippen LogP contribution is 2.25. The van der Waals surface area contributed by atoms with Crippen LogP contribution < -0.4 is 0 Å². The maximum absolute atomic E-state index is 9.13. The molecule has 3 nitrogen and oxygen atoms in total. The van der Waals surface area contributed by atoms with Crippen molar-refractivity contribution in [1.29, 1.82) is 0 Å². The summed E-state index contributed by atoms with van der Waals surface area (Å²) in [6.07, 6.45) is 5.94. The van der Waals surface area contributed by atoms with Gasteiger partial charge in [-0.2, -0.15) is 23.5 Å². The van der Waals surface area contributed by atoms with E-state index < -0.39 is 0 Å². The molecule has 2 N–H and O–H groups in total. The fourth-order valence-electron chi connectivity index (χ4n) is 3.30. The molecule has 172 valence electrons. The number of benzene rings is 2. The summed E-state index contributed by atoms with van der Waals surface area (Å²) < 4.78 is 6.23. The fourth-order valence-corrected chi connectivity index (χ4v) is 5.60. The summed E-state index contributed by atoms with van der Waals surface area (Å²) in [5, 5.41) is 19.2.